The number of anilines is 2. The fraction of sp³-hybridized carbons (Fsp3) is 0.583. The average molecular weight is 236 g/mol. The summed E-state index contributed by atoms with van der Waals surface area (Å²) in [6.45, 7) is 6.72. The summed E-state index contributed by atoms with van der Waals surface area (Å²) in [5, 5.41) is 6.21. The fourth-order valence-corrected chi connectivity index (χ4v) is 1.36. The van der Waals surface area contributed by atoms with Crippen molar-refractivity contribution in [2.75, 3.05) is 23.7 Å². The number of hydrogen-bond donors (Lipinski definition) is 2. The number of ketones is 1. The Morgan fingerprint density at radius 1 is 1.29 bits per heavy atom. The Morgan fingerprint density at radius 3 is 2.53 bits per heavy atom. The van der Waals surface area contributed by atoms with Crippen molar-refractivity contribution < 1.29 is 4.79 Å². The van der Waals surface area contributed by atoms with Gasteiger partial charge in [-0.2, -0.15) is 0 Å². The van der Waals surface area contributed by atoms with Gasteiger partial charge in [-0.1, -0.05) is 13.3 Å². The molecule has 0 aromatic carbocycles. The van der Waals surface area contributed by atoms with Crippen LogP contribution >= 0.6 is 0 Å². The molecular weight excluding hydrogens is 216 g/mol. The third kappa shape index (κ3) is 5.29. The van der Waals surface area contributed by atoms with Gasteiger partial charge in [0.2, 0.25) is 0 Å². The highest BCUT2D eigenvalue weighted by Gasteiger charge is 2.02. The summed E-state index contributed by atoms with van der Waals surface area (Å²) < 4.78 is 0. The maximum atomic E-state index is 10.9. The topological polar surface area (TPSA) is 66.9 Å². The maximum absolute atomic E-state index is 10.9. The van der Waals surface area contributed by atoms with Crippen LogP contribution in [0, 0.1) is 6.92 Å². The Bertz CT molecular complexity index is 379. The number of hydrogen-bond acceptors (Lipinski definition) is 5. The third-order valence-corrected chi connectivity index (χ3v) is 2.19. The molecule has 0 atom stereocenters. The molecule has 94 valence electrons. The summed E-state index contributed by atoms with van der Waals surface area (Å²) in [5.41, 5.74) is 0. The number of carbonyl (C=O) groups is 1. The first-order valence-corrected chi connectivity index (χ1v) is 5.94. The lowest BCUT2D eigenvalue weighted by molar-refractivity contribution is -0.115. The van der Waals surface area contributed by atoms with Crippen LogP contribution in [0.25, 0.3) is 0 Å². The number of carbonyl (C=O) groups excluding carboxylic acids is 1. The minimum atomic E-state index is 0.0850. The van der Waals surface area contributed by atoms with Crippen LogP contribution in [0.4, 0.5) is 11.6 Å². The highest BCUT2D eigenvalue weighted by atomic mass is 16.1. The molecule has 0 saturated heterocycles. The van der Waals surface area contributed by atoms with E-state index in [0.717, 1.165) is 25.2 Å². The molecule has 0 bridgehead atoms. The summed E-state index contributed by atoms with van der Waals surface area (Å²) in [6.07, 6.45) is 2.26. The van der Waals surface area contributed by atoms with Gasteiger partial charge in [0.1, 0.15) is 23.2 Å². The molecule has 1 aromatic rings. The Kier molecular flexibility index (Phi) is 5.39. The summed E-state index contributed by atoms with van der Waals surface area (Å²) in [5.74, 6) is 2.27. The first-order valence-electron chi connectivity index (χ1n) is 5.94. The molecule has 17 heavy (non-hydrogen) atoms. The van der Waals surface area contributed by atoms with Crippen LogP contribution in [0.3, 0.4) is 0 Å². The number of aromatic nitrogens is 2. The summed E-state index contributed by atoms with van der Waals surface area (Å²) >= 11 is 0. The monoisotopic (exact) mass is 236 g/mol. The fourth-order valence-electron chi connectivity index (χ4n) is 1.36. The minimum Gasteiger partial charge on any atom is -0.370 e. The van der Waals surface area contributed by atoms with Crippen LogP contribution in [0.2, 0.25) is 0 Å². The van der Waals surface area contributed by atoms with Gasteiger partial charge >= 0.3 is 0 Å². The van der Waals surface area contributed by atoms with Crippen LogP contribution in [-0.4, -0.2) is 28.8 Å². The number of Topliss-reactive ketones (excluding diaryl/α,β-unsaturated/α-hetero) is 1. The molecule has 5 heteroatoms. The number of rotatable bonds is 7. The zero-order valence-electron chi connectivity index (χ0n) is 10.7. The molecular formula is C12H20N4O. The van der Waals surface area contributed by atoms with Gasteiger partial charge in [0.15, 0.2) is 0 Å². The molecule has 0 aliphatic carbocycles. The zero-order chi connectivity index (χ0) is 12.7. The molecule has 1 rings (SSSR count). The van der Waals surface area contributed by atoms with Crippen molar-refractivity contribution in [3.8, 4) is 0 Å². The lowest BCUT2D eigenvalue weighted by Crippen LogP contribution is -2.12. The predicted octanol–water partition coefficient (Wildman–Crippen LogP) is 2.00. The van der Waals surface area contributed by atoms with Crippen LogP contribution < -0.4 is 10.6 Å². The van der Waals surface area contributed by atoms with E-state index in [9.17, 15) is 4.79 Å². The van der Waals surface area contributed by atoms with Gasteiger partial charge in [-0.25, -0.2) is 9.97 Å². The summed E-state index contributed by atoms with van der Waals surface area (Å²) in [4.78, 5) is 19.4. The highest BCUT2D eigenvalue weighted by Crippen LogP contribution is 2.10. The van der Waals surface area contributed by atoms with Gasteiger partial charge in [-0.05, 0) is 20.3 Å². The Hall–Kier alpha value is -1.65. The number of nitrogens with zero attached hydrogens (tertiary/aromatic N) is 2. The van der Waals surface area contributed by atoms with E-state index < -0.39 is 0 Å². The second-order valence-corrected chi connectivity index (χ2v) is 4.02. The largest absolute Gasteiger partial charge is 0.370 e. The van der Waals surface area contributed by atoms with E-state index in [0.29, 0.717) is 18.2 Å². The molecule has 1 aromatic heterocycles. The molecule has 0 fully saturated rings. The average Bonchev–Trinajstić information content (AvgIpc) is 2.26. The van der Waals surface area contributed by atoms with Crippen molar-refractivity contribution in [1.82, 2.24) is 9.97 Å². The van der Waals surface area contributed by atoms with Crippen molar-refractivity contribution in [1.29, 1.82) is 0 Å². The SMILES string of the molecule is CCCCNc1cc(NCC(C)=O)nc(C)n1. The molecule has 0 radical (unpaired) electrons. The standard InChI is InChI=1S/C12H20N4O/c1-4-5-6-13-11-7-12(14-8-9(2)17)16-10(3)15-11/h7H,4-6,8H2,1-3H3,(H2,13,14,15,16). The van der Waals surface area contributed by atoms with Crippen molar-refractivity contribution in [3.63, 3.8) is 0 Å². The quantitative estimate of drug-likeness (QED) is 0.709. The molecule has 0 aliphatic rings. The van der Waals surface area contributed by atoms with Crippen molar-refractivity contribution in [2.24, 2.45) is 0 Å². The van der Waals surface area contributed by atoms with E-state index in [1.807, 2.05) is 13.0 Å². The van der Waals surface area contributed by atoms with E-state index in [1.54, 1.807) is 6.92 Å². The maximum Gasteiger partial charge on any atom is 0.148 e. The Balaban J connectivity index is 2.62. The van der Waals surface area contributed by atoms with Crippen molar-refractivity contribution >= 4 is 17.4 Å². The van der Waals surface area contributed by atoms with E-state index in [1.165, 1.54) is 0 Å². The van der Waals surface area contributed by atoms with Crippen LogP contribution in [0.15, 0.2) is 6.07 Å². The lowest BCUT2D eigenvalue weighted by Gasteiger charge is -2.08. The number of aryl methyl sites for hydroxylation is 1. The van der Waals surface area contributed by atoms with Gasteiger partial charge in [0.05, 0.1) is 6.54 Å². The molecule has 0 spiro atoms. The van der Waals surface area contributed by atoms with E-state index >= 15 is 0 Å². The van der Waals surface area contributed by atoms with Crippen LogP contribution in [0.5, 0.6) is 0 Å². The van der Waals surface area contributed by atoms with E-state index in [-0.39, 0.29) is 5.78 Å². The van der Waals surface area contributed by atoms with E-state index in [4.69, 9.17) is 0 Å². The predicted molar refractivity (Wildman–Crippen MR) is 69.3 cm³/mol. The number of nitrogens with one attached hydrogen (secondary N) is 2. The van der Waals surface area contributed by atoms with Crippen molar-refractivity contribution in [2.45, 2.75) is 33.6 Å². The van der Waals surface area contributed by atoms with Crippen LogP contribution in [0.1, 0.15) is 32.5 Å². The molecule has 1 heterocycles. The van der Waals surface area contributed by atoms with Crippen LogP contribution in [-0.2, 0) is 4.79 Å². The highest BCUT2D eigenvalue weighted by molar-refractivity contribution is 5.80. The van der Waals surface area contributed by atoms with Gasteiger partial charge in [0, 0.05) is 12.6 Å². The van der Waals surface area contributed by atoms with Gasteiger partial charge in [-0.3, -0.25) is 4.79 Å². The second kappa shape index (κ2) is 6.83. The molecule has 0 amide bonds. The smallest absolute Gasteiger partial charge is 0.148 e. The first kappa shape index (κ1) is 13.4. The normalized spacial score (nSPS) is 10.1. The molecule has 5 nitrogen and oxygen atoms in total. The molecule has 0 saturated carbocycles. The zero-order valence-corrected chi connectivity index (χ0v) is 10.7. The Morgan fingerprint density at radius 2 is 1.94 bits per heavy atom. The second-order valence-electron chi connectivity index (χ2n) is 4.02. The lowest BCUT2D eigenvalue weighted by atomic mass is 10.3. The van der Waals surface area contributed by atoms with Gasteiger partial charge in [0.25, 0.3) is 0 Å². The third-order valence-electron chi connectivity index (χ3n) is 2.19. The summed E-state index contributed by atoms with van der Waals surface area (Å²) in [6, 6.07) is 1.82. The molecule has 0 aliphatic heterocycles. The van der Waals surface area contributed by atoms with Gasteiger partial charge in [-0.15, -0.1) is 0 Å². The Labute approximate surface area is 102 Å². The molecule has 0 unspecified atom stereocenters. The molecule has 2 N–H and O–H groups in total. The number of unbranched alkanes of at least 4 members (excludes halogenated alkanes) is 1. The van der Waals surface area contributed by atoms with Gasteiger partial charge < -0.3 is 10.6 Å². The van der Waals surface area contributed by atoms with E-state index in [2.05, 4.69) is 27.5 Å². The van der Waals surface area contributed by atoms with Crippen molar-refractivity contribution in [3.05, 3.63) is 11.9 Å². The first-order chi connectivity index (χ1) is 8.11. The minimum absolute atomic E-state index is 0.0850. The summed E-state index contributed by atoms with van der Waals surface area (Å²) in [7, 11) is 0.